The molecule has 0 fully saturated rings. The lowest BCUT2D eigenvalue weighted by atomic mass is 10.2. The zero-order valence-electron chi connectivity index (χ0n) is 14.0. The van der Waals surface area contributed by atoms with E-state index in [0.29, 0.717) is 0 Å². The number of sulfonamides is 1. The number of nitrogens with one attached hydrogen (secondary N) is 1. The number of hydrogen-bond acceptors (Lipinski definition) is 6. The van der Waals surface area contributed by atoms with Gasteiger partial charge in [0.25, 0.3) is 15.6 Å². The minimum absolute atomic E-state index is 0.0168. The second kappa shape index (κ2) is 7.70. The zero-order valence-corrected chi connectivity index (χ0v) is 16.4. The minimum atomic E-state index is -3.77. The predicted octanol–water partition coefficient (Wildman–Crippen LogP) is 1.14. The van der Waals surface area contributed by atoms with Gasteiger partial charge in [0.05, 0.1) is 11.2 Å². The van der Waals surface area contributed by atoms with E-state index >= 15 is 0 Å². The Bertz CT molecular complexity index is 1020. The summed E-state index contributed by atoms with van der Waals surface area (Å²) in [4.78, 5) is 28.0. The number of hydrogen-bond donors (Lipinski definition) is 1. The molecule has 12 heteroatoms. The SMILES string of the molecule is Cc1c(NC(=O)Cn2ncc(Cl)c(Cl)c2=O)ccnc1S(=O)(=O)N(C)C. The van der Waals surface area contributed by atoms with E-state index in [1.165, 1.54) is 33.3 Å². The number of carbonyl (C=O) groups is 1. The molecule has 0 bridgehead atoms. The summed E-state index contributed by atoms with van der Waals surface area (Å²) in [5, 5.41) is 5.83. The molecule has 0 atom stereocenters. The van der Waals surface area contributed by atoms with Gasteiger partial charge in [-0.25, -0.2) is 22.4 Å². The summed E-state index contributed by atoms with van der Waals surface area (Å²) in [6.45, 7) is 1.09. The molecular formula is C14H15Cl2N5O4S. The molecular weight excluding hydrogens is 405 g/mol. The molecule has 0 radical (unpaired) electrons. The summed E-state index contributed by atoms with van der Waals surface area (Å²) in [6, 6.07) is 1.45. The van der Waals surface area contributed by atoms with Gasteiger partial charge in [0.2, 0.25) is 5.91 Å². The van der Waals surface area contributed by atoms with Crippen LogP contribution in [0.2, 0.25) is 10.0 Å². The molecule has 0 aromatic carbocycles. The van der Waals surface area contributed by atoms with E-state index in [1.54, 1.807) is 0 Å². The monoisotopic (exact) mass is 419 g/mol. The molecule has 2 rings (SSSR count). The molecule has 0 aliphatic heterocycles. The van der Waals surface area contributed by atoms with Crippen molar-refractivity contribution in [3.63, 3.8) is 0 Å². The van der Waals surface area contributed by atoms with Crippen molar-refractivity contribution < 1.29 is 13.2 Å². The van der Waals surface area contributed by atoms with E-state index in [2.05, 4.69) is 15.4 Å². The highest BCUT2D eigenvalue weighted by Crippen LogP contribution is 2.22. The maximum absolute atomic E-state index is 12.3. The molecule has 0 aliphatic carbocycles. The van der Waals surface area contributed by atoms with Crippen molar-refractivity contribution in [3.8, 4) is 0 Å². The molecule has 2 heterocycles. The molecule has 1 amide bonds. The summed E-state index contributed by atoms with van der Waals surface area (Å²) in [5.74, 6) is -0.597. The number of nitrogens with zero attached hydrogens (tertiary/aromatic N) is 4. The molecule has 0 saturated carbocycles. The number of aromatic nitrogens is 3. The van der Waals surface area contributed by atoms with Gasteiger partial charge >= 0.3 is 0 Å². The summed E-state index contributed by atoms with van der Waals surface area (Å²) < 4.78 is 26.4. The van der Waals surface area contributed by atoms with Gasteiger partial charge in [0.15, 0.2) is 5.03 Å². The Labute approximate surface area is 159 Å². The van der Waals surface area contributed by atoms with Crippen LogP contribution < -0.4 is 10.9 Å². The van der Waals surface area contributed by atoms with E-state index in [-0.39, 0.29) is 26.3 Å². The molecule has 2 aromatic rings. The Balaban J connectivity index is 2.29. The van der Waals surface area contributed by atoms with Crippen LogP contribution in [-0.2, 0) is 21.4 Å². The average molecular weight is 420 g/mol. The van der Waals surface area contributed by atoms with Gasteiger partial charge in [-0.2, -0.15) is 5.10 Å². The quantitative estimate of drug-likeness (QED) is 0.776. The van der Waals surface area contributed by atoms with Crippen LogP contribution >= 0.6 is 23.2 Å². The van der Waals surface area contributed by atoms with E-state index in [9.17, 15) is 18.0 Å². The Kier molecular flexibility index (Phi) is 6.02. The second-order valence-electron chi connectivity index (χ2n) is 5.39. The summed E-state index contributed by atoms with van der Waals surface area (Å²) in [7, 11) is -1.01. The lowest BCUT2D eigenvalue weighted by Crippen LogP contribution is -2.30. The van der Waals surface area contributed by atoms with E-state index in [1.807, 2.05) is 0 Å². The fourth-order valence-electron chi connectivity index (χ4n) is 1.97. The lowest BCUT2D eigenvalue weighted by molar-refractivity contribution is -0.117. The fraction of sp³-hybridized carbons (Fsp3) is 0.286. The number of halogens is 2. The van der Waals surface area contributed by atoms with Crippen molar-refractivity contribution in [3.05, 3.63) is 44.4 Å². The highest BCUT2D eigenvalue weighted by Gasteiger charge is 2.23. The molecule has 140 valence electrons. The summed E-state index contributed by atoms with van der Waals surface area (Å²) in [5.41, 5.74) is -0.195. The normalized spacial score (nSPS) is 11.6. The summed E-state index contributed by atoms with van der Waals surface area (Å²) >= 11 is 11.4. The molecule has 9 nitrogen and oxygen atoms in total. The van der Waals surface area contributed by atoms with Crippen LogP contribution in [0.15, 0.2) is 28.3 Å². The molecule has 0 unspecified atom stereocenters. The van der Waals surface area contributed by atoms with Gasteiger partial charge < -0.3 is 5.32 Å². The molecule has 1 N–H and O–H groups in total. The average Bonchev–Trinajstić information content (AvgIpc) is 2.57. The van der Waals surface area contributed by atoms with Crippen LogP contribution in [0.1, 0.15) is 5.56 Å². The fourth-order valence-corrected chi connectivity index (χ4v) is 3.28. The second-order valence-corrected chi connectivity index (χ2v) is 8.25. The Morgan fingerprint density at radius 3 is 2.62 bits per heavy atom. The molecule has 26 heavy (non-hydrogen) atoms. The third kappa shape index (κ3) is 4.04. The van der Waals surface area contributed by atoms with E-state index in [0.717, 1.165) is 15.2 Å². The number of pyridine rings is 1. The van der Waals surface area contributed by atoms with Crippen LogP contribution in [0.3, 0.4) is 0 Å². The van der Waals surface area contributed by atoms with Gasteiger partial charge in [0, 0.05) is 31.5 Å². The minimum Gasteiger partial charge on any atom is -0.324 e. The molecule has 0 aliphatic rings. The highest BCUT2D eigenvalue weighted by molar-refractivity contribution is 7.89. The Morgan fingerprint density at radius 2 is 2.00 bits per heavy atom. The van der Waals surface area contributed by atoms with Crippen LogP contribution in [0.25, 0.3) is 0 Å². The first-order chi connectivity index (χ1) is 12.1. The smallest absolute Gasteiger partial charge is 0.287 e. The standard InChI is InChI=1S/C14H15Cl2N5O4S/c1-8-10(4-5-17-13(8)26(24,25)20(2)3)19-11(22)7-21-14(23)12(16)9(15)6-18-21/h4-6H,7H2,1-3H3,(H,17,19,22). The Morgan fingerprint density at radius 1 is 1.35 bits per heavy atom. The van der Waals surface area contributed by atoms with Crippen LogP contribution in [0.4, 0.5) is 5.69 Å². The molecule has 2 aromatic heterocycles. The molecule has 0 spiro atoms. The lowest BCUT2D eigenvalue weighted by Gasteiger charge is -2.15. The van der Waals surface area contributed by atoms with E-state index < -0.39 is 28.0 Å². The van der Waals surface area contributed by atoms with Crippen molar-refractivity contribution in [1.29, 1.82) is 0 Å². The third-order valence-electron chi connectivity index (χ3n) is 3.39. The maximum Gasteiger partial charge on any atom is 0.287 e. The number of carbonyl (C=O) groups excluding carboxylic acids is 1. The topological polar surface area (TPSA) is 114 Å². The van der Waals surface area contributed by atoms with Crippen molar-refractivity contribution in [2.75, 3.05) is 19.4 Å². The largest absolute Gasteiger partial charge is 0.324 e. The number of anilines is 1. The number of amides is 1. The van der Waals surface area contributed by atoms with Gasteiger partial charge in [-0.3, -0.25) is 9.59 Å². The maximum atomic E-state index is 12.3. The van der Waals surface area contributed by atoms with Crippen molar-refractivity contribution in [2.24, 2.45) is 0 Å². The third-order valence-corrected chi connectivity index (χ3v) is 6.00. The van der Waals surface area contributed by atoms with E-state index in [4.69, 9.17) is 23.2 Å². The van der Waals surface area contributed by atoms with Crippen LogP contribution in [0, 0.1) is 6.92 Å². The van der Waals surface area contributed by atoms with Gasteiger partial charge in [-0.05, 0) is 13.0 Å². The first-order valence-corrected chi connectivity index (χ1v) is 9.34. The predicted molar refractivity (Wildman–Crippen MR) is 97.0 cm³/mol. The first-order valence-electron chi connectivity index (χ1n) is 7.14. The Hall–Kier alpha value is -2.01. The van der Waals surface area contributed by atoms with Gasteiger partial charge in [-0.1, -0.05) is 23.2 Å². The van der Waals surface area contributed by atoms with Crippen molar-refractivity contribution in [1.82, 2.24) is 19.1 Å². The van der Waals surface area contributed by atoms with Crippen LogP contribution in [0.5, 0.6) is 0 Å². The summed E-state index contributed by atoms with van der Waals surface area (Å²) in [6.07, 6.45) is 2.42. The van der Waals surface area contributed by atoms with Crippen LogP contribution in [-0.4, -0.2) is 47.5 Å². The molecule has 0 saturated heterocycles. The zero-order chi connectivity index (χ0) is 19.6. The van der Waals surface area contributed by atoms with Gasteiger partial charge in [0.1, 0.15) is 11.6 Å². The highest BCUT2D eigenvalue weighted by atomic mass is 35.5. The first kappa shape index (κ1) is 20.3. The number of rotatable bonds is 5. The van der Waals surface area contributed by atoms with Gasteiger partial charge in [-0.15, -0.1) is 0 Å². The van der Waals surface area contributed by atoms with Crippen molar-refractivity contribution >= 4 is 44.8 Å². The van der Waals surface area contributed by atoms with Crippen molar-refractivity contribution in [2.45, 2.75) is 18.5 Å².